The quantitative estimate of drug-likeness (QED) is 0.0920. The normalized spacial score (nSPS) is 20.4. The number of amides is 5. The second kappa shape index (κ2) is 19.2. The van der Waals surface area contributed by atoms with Gasteiger partial charge in [0, 0.05) is 106 Å². The van der Waals surface area contributed by atoms with Crippen molar-refractivity contribution in [1.29, 1.82) is 0 Å². The number of methoxy groups -OCH3 is 1. The Kier molecular flexibility index (Phi) is 13.0. The minimum Gasteiger partial charge on any atom is -0.494 e. The van der Waals surface area contributed by atoms with E-state index in [-0.39, 0.29) is 36.4 Å². The highest BCUT2D eigenvalue weighted by Crippen LogP contribution is 2.39. The Morgan fingerprint density at radius 3 is 2.43 bits per heavy atom. The molecule has 354 valence electrons. The molecule has 3 unspecified atom stereocenters. The van der Waals surface area contributed by atoms with Crippen LogP contribution >= 0.6 is 0 Å². The summed E-state index contributed by atoms with van der Waals surface area (Å²) in [5.74, 6) is -0.793. The lowest BCUT2D eigenvalue weighted by Gasteiger charge is -2.47. The van der Waals surface area contributed by atoms with E-state index in [2.05, 4.69) is 83.9 Å². The Balaban J connectivity index is 0.795. The third-order valence-electron chi connectivity index (χ3n) is 14.1. The number of carbonyl (C=O) groups excluding carboxylic acids is 5. The standard InChI is InChI=1S/C51H59N11O6/c1-7-46(63)53-40-25-41(55-51-52-19-16-39(54-51)38-30-58(5)42-11-9-8-10-35(38)42)45(68-6)26-44(40)57(4)22-23-59-20-17-33(18-21-59)29-61-31(2)27-60(28-32(61)3)34-12-13-36-37(24-34)50(67)62(49(36)66)43-14-15-47(64)56-48(43)65/h7-13,16,19,24-26,30-33,43H,1,14-15,17-18,20-23,27-29H2,2-6H3,(H,53,63)(H,52,54,55)(H,56,64,65). The van der Waals surface area contributed by atoms with E-state index >= 15 is 0 Å². The van der Waals surface area contributed by atoms with Crippen molar-refractivity contribution in [3.8, 4) is 17.0 Å². The molecule has 0 bridgehead atoms. The molecular formula is C51H59N11O6. The van der Waals surface area contributed by atoms with Gasteiger partial charge in [-0.05, 0) is 94.6 Å². The number of imide groups is 2. The first-order valence-electron chi connectivity index (χ1n) is 23.4. The van der Waals surface area contributed by atoms with Crippen molar-refractivity contribution in [3.63, 3.8) is 0 Å². The van der Waals surface area contributed by atoms with Gasteiger partial charge in [-0.3, -0.25) is 39.1 Å². The van der Waals surface area contributed by atoms with Crippen molar-refractivity contribution >= 4 is 69.1 Å². The van der Waals surface area contributed by atoms with Gasteiger partial charge in [0.2, 0.25) is 23.7 Å². The summed E-state index contributed by atoms with van der Waals surface area (Å²) in [5.41, 5.74) is 6.36. The number of carbonyl (C=O) groups is 5. The molecule has 0 radical (unpaired) electrons. The van der Waals surface area contributed by atoms with E-state index in [0.717, 1.165) is 97.1 Å². The largest absolute Gasteiger partial charge is 0.494 e. The first kappa shape index (κ1) is 46.0. The van der Waals surface area contributed by atoms with Crippen LogP contribution in [0.4, 0.5) is 28.7 Å². The van der Waals surface area contributed by atoms with E-state index in [9.17, 15) is 24.0 Å². The smallest absolute Gasteiger partial charge is 0.262 e. The summed E-state index contributed by atoms with van der Waals surface area (Å²) in [6.45, 7) is 14.3. The van der Waals surface area contributed by atoms with Crippen LogP contribution in [0.15, 0.2) is 85.7 Å². The number of nitrogens with one attached hydrogen (secondary N) is 3. The fourth-order valence-electron chi connectivity index (χ4n) is 10.4. The zero-order valence-electron chi connectivity index (χ0n) is 39.3. The number of benzene rings is 3. The first-order chi connectivity index (χ1) is 32.8. The Bertz CT molecular complexity index is 2790. The minimum absolute atomic E-state index is 0.0838. The van der Waals surface area contributed by atoms with Crippen LogP contribution < -0.4 is 30.5 Å². The molecule has 0 aliphatic carbocycles. The number of para-hydroxylation sites is 1. The zero-order valence-corrected chi connectivity index (χ0v) is 39.3. The van der Waals surface area contributed by atoms with Crippen molar-refractivity contribution < 1.29 is 28.7 Å². The molecule has 5 amide bonds. The van der Waals surface area contributed by atoms with Crippen molar-refractivity contribution in [2.45, 2.75) is 57.7 Å². The van der Waals surface area contributed by atoms with Gasteiger partial charge in [0.05, 0.1) is 41.0 Å². The van der Waals surface area contributed by atoms with Crippen molar-refractivity contribution in [3.05, 3.63) is 96.8 Å². The van der Waals surface area contributed by atoms with Crippen LogP contribution in [0.3, 0.4) is 0 Å². The van der Waals surface area contributed by atoms with Crippen molar-refractivity contribution in [2.75, 3.05) is 80.4 Å². The molecule has 17 heteroatoms. The van der Waals surface area contributed by atoms with E-state index < -0.39 is 29.7 Å². The number of likely N-dealkylation sites (tertiary alicyclic amines) is 1. The number of hydrogen-bond acceptors (Lipinski definition) is 13. The number of ether oxygens (including phenoxy) is 1. The lowest BCUT2D eigenvalue weighted by molar-refractivity contribution is -0.136. The van der Waals surface area contributed by atoms with Crippen molar-refractivity contribution in [2.24, 2.45) is 13.0 Å². The molecule has 3 aromatic carbocycles. The maximum absolute atomic E-state index is 13.5. The molecule has 3 saturated heterocycles. The molecule has 4 aliphatic heterocycles. The molecule has 0 spiro atoms. The Labute approximate surface area is 396 Å². The molecule has 6 heterocycles. The maximum atomic E-state index is 13.5. The lowest BCUT2D eigenvalue weighted by atomic mass is 9.94. The van der Waals surface area contributed by atoms with Gasteiger partial charge in [0.15, 0.2) is 0 Å². The lowest BCUT2D eigenvalue weighted by Crippen LogP contribution is -2.58. The Morgan fingerprint density at radius 2 is 1.69 bits per heavy atom. The number of fused-ring (bicyclic) bond motifs is 2. The van der Waals surface area contributed by atoms with Gasteiger partial charge in [-0.1, -0.05) is 24.8 Å². The summed E-state index contributed by atoms with van der Waals surface area (Å²) in [6, 6.07) is 18.8. The number of nitrogens with zero attached hydrogens (tertiary/aromatic N) is 8. The highest BCUT2D eigenvalue weighted by molar-refractivity contribution is 6.23. The molecule has 2 aromatic heterocycles. The number of piperazine rings is 1. The molecule has 0 saturated carbocycles. The van der Waals surface area contributed by atoms with Gasteiger partial charge in [-0.2, -0.15) is 0 Å². The van der Waals surface area contributed by atoms with Crippen LogP contribution in [-0.2, 0) is 21.4 Å². The van der Waals surface area contributed by atoms with E-state index in [1.165, 1.54) is 6.08 Å². The number of rotatable bonds is 14. The number of hydrogen-bond donors (Lipinski definition) is 3. The van der Waals surface area contributed by atoms with Crippen LogP contribution in [0.25, 0.3) is 22.2 Å². The second-order valence-corrected chi connectivity index (χ2v) is 18.5. The van der Waals surface area contributed by atoms with Gasteiger partial charge in [0.25, 0.3) is 11.8 Å². The van der Waals surface area contributed by atoms with E-state index in [1.807, 2.05) is 50.5 Å². The average molecular weight is 922 g/mol. The summed E-state index contributed by atoms with van der Waals surface area (Å²) >= 11 is 0. The van der Waals surface area contributed by atoms with Crippen LogP contribution in [-0.4, -0.2) is 137 Å². The number of piperidine rings is 2. The molecule has 17 nitrogen and oxygen atoms in total. The summed E-state index contributed by atoms with van der Waals surface area (Å²) < 4.78 is 7.98. The molecular weight excluding hydrogens is 863 g/mol. The van der Waals surface area contributed by atoms with Crippen LogP contribution in [0.2, 0.25) is 0 Å². The third kappa shape index (κ3) is 9.15. The Hall–Kier alpha value is -7.11. The van der Waals surface area contributed by atoms with Gasteiger partial charge >= 0.3 is 0 Å². The fourth-order valence-corrected chi connectivity index (χ4v) is 10.4. The predicted molar refractivity (Wildman–Crippen MR) is 262 cm³/mol. The van der Waals surface area contributed by atoms with Crippen LogP contribution in [0.5, 0.6) is 5.75 Å². The fraction of sp³-hybridized carbons (Fsp3) is 0.392. The minimum atomic E-state index is -0.988. The molecule has 9 rings (SSSR count). The van der Waals surface area contributed by atoms with Gasteiger partial charge < -0.3 is 34.6 Å². The van der Waals surface area contributed by atoms with Crippen LogP contribution in [0, 0.1) is 5.92 Å². The number of likely N-dealkylation sites (N-methyl/N-ethyl adjacent to an activating group) is 1. The summed E-state index contributed by atoms with van der Waals surface area (Å²) in [6.07, 6.45) is 7.44. The monoisotopic (exact) mass is 921 g/mol. The molecule has 4 aliphatic rings. The third-order valence-corrected chi connectivity index (χ3v) is 14.1. The maximum Gasteiger partial charge on any atom is 0.262 e. The summed E-state index contributed by atoms with van der Waals surface area (Å²) in [4.78, 5) is 83.8. The molecule has 68 heavy (non-hydrogen) atoms. The highest BCUT2D eigenvalue weighted by atomic mass is 16.5. The number of anilines is 5. The second-order valence-electron chi connectivity index (χ2n) is 18.5. The topological polar surface area (TPSA) is 178 Å². The van der Waals surface area contributed by atoms with E-state index in [4.69, 9.17) is 9.72 Å². The van der Waals surface area contributed by atoms with Crippen molar-refractivity contribution in [1.82, 2.24) is 34.6 Å². The predicted octanol–water partition coefficient (Wildman–Crippen LogP) is 5.66. The molecule has 5 aromatic rings. The highest BCUT2D eigenvalue weighted by Gasteiger charge is 2.45. The van der Waals surface area contributed by atoms with Gasteiger partial charge in [-0.15, -0.1) is 0 Å². The van der Waals surface area contributed by atoms with Gasteiger partial charge in [0.1, 0.15) is 11.8 Å². The summed E-state index contributed by atoms with van der Waals surface area (Å²) in [5, 5.41) is 9.70. The Morgan fingerprint density at radius 1 is 0.941 bits per heavy atom. The van der Waals surface area contributed by atoms with Crippen LogP contribution in [0.1, 0.15) is 60.2 Å². The average Bonchev–Trinajstić information content (AvgIpc) is 3.80. The molecule has 3 atom stereocenters. The summed E-state index contributed by atoms with van der Waals surface area (Å²) in [7, 11) is 5.66. The van der Waals surface area contributed by atoms with E-state index in [0.29, 0.717) is 34.6 Å². The molecule has 3 N–H and O–H groups in total. The SMILES string of the molecule is C=CC(=O)Nc1cc(Nc2nccc(-c3cn(C)c4ccccc34)n2)c(OC)cc1N(C)CCN1CCC(CN2C(C)CN(c3ccc4c(c3)C(=O)N(C3CCC(=O)NC3=O)C4=O)CC2C)CC1. The van der Waals surface area contributed by atoms with Gasteiger partial charge in [-0.25, -0.2) is 9.97 Å². The number of aryl methyl sites for hydroxylation is 1. The zero-order chi connectivity index (χ0) is 47.8. The van der Waals surface area contributed by atoms with E-state index in [1.54, 1.807) is 25.4 Å². The first-order valence-corrected chi connectivity index (χ1v) is 23.4. The molecule has 3 fully saturated rings. The number of aromatic nitrogens is 3.